The third-order valence-corrected chi connectivity index (χ3v) is 25.1. The first kappa shape index (κ1) is 48.3. The first-order valence-corrected chi connectivity index (χ1v) is 33.1. The normalized spacial score (nSPS) is 13.0. The Hall–Kier alpha value is -4.73. The predicted molar refractivity (Wildman–Crippen MR) is 283 cm³/mol. The van der Waals surface area contributed by atoms with Crippen LogP contribution in [0, 0.1) is 46.6 Å². The van der Waals surface area contributed by atoms with E-state index in [1.54, 1.807) is 0 Å². The highest BCUT2D eigenvalue weighted by Gasteiger charge is 2.52. The molecule has 0 bridgehead atoms. The lowest BCUT2D eigenvalue weighted by Crippen LogP contribution is -2.66. The van der Waals surface area contributed by atoms with Crippen LogP contribution in [0.3, 0.4) is 0 Å². The highest BCUT2D eigenvalue weighted by atomic mass is 35.5. The van der Waals surface area contributed by atoms with Crippen molar-refractivity contribution in [1.29, 1.82) is 0 Å². The molecule has 5 rings (SSSR count). The second kappa shape index (κ2) is 19.8. The van der Waals surface area contributed by atoms with Gasteiger partial charge in [-0.15, -0.1) is 11.1 Å². The van der Waals surface area contributed by atoms with Crippen LogP contribution in [0.5, 0.6) is 0 Å². The van der Waals surface area contributed by atoms with E-state index in [9.17, 15) is 0 Å². The molecule has 5 aromatic carbocycles. The van der Waals surface area contributed by atoms with Gasteiger partial charge in [-0.05, 0) is 55.1 Å². The second-order valence-corrected chi connectivity index (χ2v) is 39.5. The van der Waals surface area contributed by atoms with Crippen LogP contribution >= 0.6 is 23.2 Å². The van der Waals surface area contributed by atoms with Crippen LogP contribution in [0.15, 0.2) is 166 Å². The van der Waals surface area contributed by atoms with Crippen molar-refractivity contribution in [3.8, 4) is 46.6 Å². The molecule has 314 valence electrons. The standard InChI is InChI=1S/C56H60Cl2Si4/c1-55(2,3)61(47-25-17-13-18-26-47,48-27-19-14-20-28-48)53(51(57)41-43-59(7,8)9)39-37-45-33-35-46(36-34-45)38-40-54(52(58)42-44-60(10,11)12)62(56(4,5)6,49-29-21-15-22-30-49)50-31-23-16-24-32-50/h13-36H,1-12H3/b53-51+,54-52+. The minimum absolute atomic E-state index is 0.211. The summed E-state index contributed by atoms with van der Waals surface area (Å²) in [4.78, 5) is 0. The zero-order valence-corrected chi connectivity index (χ0v) is 44.1. The van der Waals surface area contributed by atoms with Gasteiger partial charge < -0.3 is 0 Å². The molecule has 0 aliphatic rings. The Kier molecular flexibility index (Phi) is 15.4. The summed E-state index contributed by atoms with van der Waals surface area (Å²) in [5.41, 5.74) is 8.83. The van der Waals surface area contributed by atoms with E-state index in [1.165, 1.54) is 20.7 Å². The van der Waals surface area contributed by atoms with Crippen LogP contribution in [-0.2, 0) is 0 Å². The number of halogens is 2. The first-order chi connectivity index (χ1) is 29.1. The van der Waals surface area contributed by atoms with E-state index in [0.717, 1.165) is 21.5 Å². The fraction of sp³-hybridized carbons (Fsp3) is 0.250. The van der Waals surface area contributed by atoms with E-state index in [0.29, 0.717) is 10.1 Å². The second-order valence-electron chi connectivity index (χ2n) is 19.9. The number of rotatable bonds is 6. The van der Waals surface area contributed by atoms with Gasteiger partial charge >= 0.3 is 0 Å². The van der Waals surface area contributed by atoms with Gasteiger partial charge in [-0.1, -0.05) is 261 Å². The van der Waals surface area contributed by atoms with Gasteiger partial charge in [-0.3, -0.25) is 0 Å². The molecular formula is C56H60Cl2Si4. The van der Waals surface area contributed by atoms with Crippen LogP contribution in [0.25, 0.3) is 0 Å². The average molecular weight is 916 g/mol. The Bertz CT molecular complexity index is 2390. The minimum atomic E-state index is -2.91. The Balaban J connectivity index is 1.74. The smallest absolute Gasteiger partial charge is 0.126 e. The van der Waals surface area contributed by atoms with Crippen LogP contribution in [0.2, 0.25) is 49.4 Å². The Labute approximate surface area is 388 Å². The van der Waals surface area contributed by atoms with Gasteiger partial charge in [0.05, 0.1) is 10.1 Å². The highest BCUT2D eigenvalue weighted by Crippen LogP contribution is 2.43. The molecule has 62 heavy (non-hydrogen) atoms. The number of benzene rings is 5. The SMILES string of the molecule is CC(C)(C)[Si](/C(C#Cc1ccc(C#C/C(=C(\Cl)C#C[Si](C)(C)C)[Si](c2ccccc2)(c2ccccc2)C(C)(C)C)cc1)=C(/Cl)C#C[Si](C)(C)C)(c1ccccc1)c1ccccc1. The zero-order valence-electron chi connectivity index (χ0n) is 38.6. The molecule has 0 saturated carbocycles. The molecule has 0 nitrogen and oxygen atoms in total. The molecule has 0 radical (unpaired) electrons. The summed E-state index contributed by atoms with van der Waals surface area (Å²) in [5, 5.41) is 7.50. The lowest BCUT2D eigenvalue weighted by molar-refractivity contribution is 0.736. The number of hydrogen-bond acceptors (Lipinski definition) is 0. The van der Waals surface area contributed by atoms with Crippen molar-refractivity contribution in [2.75, 3.05) is 0 Å². The molecule has 6 heteroatoms. The lowest BCUT2D eigenvalue weighted by Gasteiger charge is -2.44. The summed E-state index contributed by atoms with van der Waals surface area (Å²) in [6.45, 7) is 27.4. The van der Waals surface area contributed by atoms with Gasteiger partial charge in [0.15, 0.2) is 16.1 Å². The molecule has 0 aliphatic heterocycles. The summed E-state index contributed by atoms with van der Waals surface area (Å²) in [6.07, 6.45) is 0. The van der Waals surface area contributed by atoms with Crippen molar-refractivity contribution in [3.05, 3.63) is 177 Å². The molecule has 0 atom stereocenters. The van der Waals surface area contributed by atoms with Crippen LogP contribution in [0.4, 0.5) is 0 Å². The van der Waals surface area contributed by atoms with E-state index in [4.69, 9.17) is 23.2 Å². The van der Waals surface area contributed by atoms with Crippen molar-refractivity contribution in [1.82, 2.24) is 0 Å². The van der Waals surface area contributed by atoms with E-state index in [-0.39, 0.29) is 10.1 Å². The van der Waals surface area contributed by atoms with Crippen LogP contribution in [-0.4, -0.2) is 32.3 Å². The van der Waals surface area contributed by atoms with E-state index >= 15 is 0 Å². The van der Waals surface area contributed by atoms with Crippen LogP contribution in [0.1, 0.15) is 52.7 Å². The predicted octanol–water partition coefficient (Wildman–Crippen LogP) is 12.3. The van der Waals surface area contributed by atoms with Gasteiger partial charge in [0.2, 0.25) is 0 Å². The topological polar surface area (TPSA) is 0 Å². The lowest BCUT2D eigenvalue weighted by atomic mass is 10.1. The van der Waals surface area contributed by atoms with Crippen molar-refractivity contribution in [3.63, 3.8) is 0 Å². The molecule has 0 N–H and O–H groups in total. The number of allylic oxidation sites excluding steroid dienone is 4. The van der Waals surface area contributed by atoms with E-state index in [1.807, 2.05) is 0 Å². The maximum atomic E-state index is 7.46. The molecule has 0 fully saturated rings. The Morgan fingerprint density at radius 2 is 0.613 bits per heavy atom. The largest absolute Gasteiger partial charge is 0.166 e. The maximum Gasteiger partial charge on any atom is 0.166 e. The summed E-state index contributed by atoms with van der Waals surface area (Å²) in [7, 11) is -9.33. The number of hydrogen-bond donors (Lipinski definition) is 0. The third-order valence-electron chi connectivity index (χ3n) is 10.9. The van der Waals surface area contributed by atoms with Crippen molar-refractivity contribution in [2.45, 2.75) is 90.9 Å². The average Bonchev–Trinajstić information content (AvgIpc) is 3.22. The first-order valence-electron chi connectivity index (χ1n) is 21.3. The zero-order chi connectivity index (χ0) is 45.4. The quantitative estimate of drug-likeness (QED) is 0.118. The van der Waals surface area contributed by atoms with Crippen molar-refractivity contribution in [2.24, 2.45) is 0 Å². The van der Waals surface area contributed by atoms with Gasteiger partial charge in [0, 0.05) is 21.5 Å². The molecule has 0 aromatic heterocycles. The van der Waals surface area contributed by atoms with Gasteiger partial charge in [0.1, 0.15) is 16.1 Å². The summed E-state index contributed by atoms with van der Waals surface area (Å²) in [6, 6.07) is 51.5. The molecule has 0 unspecified atom stereocenters. The third kappa shape index (κ3) is 11.1. The highest BCUT2D eigenvalue weighted by molar-refractivity contribution is 7.11. The van der Waals surface area contributed by atoms with E-state index in [2.05, 4.69) is 273 Å². The van der Waals surface area contributed by atoms with Gasteiger partial charge in [-0.2, -0.15) is 0 Å². The van der Waals surface area contributed by atoms with Gasteiger partial charge in [0.25, 0.3) is 0 Å². The van der Waals surface area contributed by atoms with Gasteiger partial charge in [-0.25, -0.2) is 0 Å². The fourth-order valence-electron chi connectivity index (χ4n) is 8.29. The summed E-state index contributed by atoms with van der Waals surface area (Å²) in [5.74, 6) is 21.4. The Morgan fingerprint density at radius 3 is 0.823 bits per heavy atom. The minimum Gasteiger partial charge on any atom is -0.126 e. The van der Waals surface area contributed by atoms with Crippen molar-refractivity contribution < 1.29 is 0 Å². The van der Waals surface area contributed by atoms with E-state index < -0.39 is 32.3 Å². The fourth-order valence-corrected chi connectivity index (χ4v) is 21.3. The Morgan fingerprint density at radius 1 is 0.371 bits per heavy atom. The molecule has 0 saturated heterocycles. The molecule has 5 aromatic rings. The molecule has 0 aliphatic carbocycles. The van der Waals surface area contributed by atoms with Crippen LogP contribution < -0.4 is 20.7 Å². The molecular weight excluding hydrogens is 856 g/mol. The van der Waals surface area contributed by atoms with Crippen molar-refractivity contribution >= 4 is 76.2 Å². The monoisotopic (exact) mass is 914 g/mol. The summed E-state index contributed by atoms with van der Waals surface area (Å²) < 4.78 is 0. The molecule has 0 heterocycles. The molecule has 0 spiro atoms. The summed E-state index contributed by atoms with van der Waals surface area (Å²) >= 11 is 14.9. The molecule has 0 amide bonds. The maximum absolute atomic E-state index is 7.46.